The van der Waals surface area contributed by atoms with E-state index >= 15 is 0 Å². The number of carbonyl (C=O) groups is 1. The number of likely N-dealkylation sites (tertiary alicyclic amines) is 1. The Labute approximate surface area is 156 Å². The van der Waals surface area contributed by atoms with Crippen molar-refractivity contribution in [3.8, 4) is 11.3 Å². The third kappa shape index (κ3) is 2.85. The van der Waals surface area contributed by atoms with E-state index in [0.29, 0.717) is 11.5 Å². The van der Waals surface area contributed by atoms with E-state index in [2.05, 4.69) is 11.0 Å². The van der Waals surface area contributed by atoms with Crippen LogP contribution in [0.1, 0.15) is 12.8 Å². The van der Waals surface area contributed by atoms with Crippen LogP contribution in [0.4, 0.5) is 4.39 Å². The van der Waals surface area contributed by atoms with E-state index in [1.807, 2.05) is 23.1 Å². The van der Waals surface area contributed by atoms with Crippen molar-refractivity contribution in [2.45, 2.75) is 18.9 Å². The molecule has 0 radical (unpaired) electrons. The minimum Gasteiger partial charge on any atom is -0.384 e. The number of fused-ring (bicyclic) bond motifs is 1. The molecule has 1 aliphatic carbocycles. The Bertz CT molecular complexity index is 1040. The number of aromatic nitrogens is 1. The maximum absolute atomic E-state index is 13.5. The molecule has 5 nitrogen and oxygen atoms in total. The topological polar surface area (TPSA) is 62.5 Å². The Kier molecular flexibility index (Phi) is 3.67. The standard InChI is InChI=1S/C21H21FN4O/c22-16-3-1-2-15(10-16)18-7-6-13-8-9-26(20(23)19(13)24-18)17-11-25(12-17)21(27)14-4-5-14/h1-3,6-8,10,14,17H,4-5,9,11-12,23H2. The van der Waals surface area contributed by atoms with Crippen molar-refractivity contribution in [3.63, 3.8) is 0 Å². The average Bonchev–Trinajstić information content (AvgIpc) is 3.47. The summed E-state index contributed by atoms with van der Waals surface area (Å²) in [5, 5.41) is 1.73. The number of benzene rings is 1. The second-order valence-electron chi connectivity index (χ2n) is 7.56. The van der Waals surface area contributed by atoms with Crippen molar-refractivity contribution in [3.05, 3.63) is 52.8 Å². The van der Waals surface area contributed by atoms with E-state index in [1.165, 1.54) is 12.1 Å². The molecule has 0 atom stereocenters. The van der Waals surface area contributed by atoms with Gasteiger partial charge in [0.2, 0.25) is 5.91 Å². The van der Waals surface area contributed by atoms with Gasteiger partial charge in [-0.3, -0.25) is 4.79 Å². The first kappa shape index (κ1) is 16.3. The molecule has 3 heterocycles. The fourth-order valence-electron chi connectivity index (χ4n) is 3.85. The molecule has 1 amide bonds. The van der Waals surface area contributed by atoms with Gasteiger partial charge in [0.1, 0.15) is 17.0 Å². The molecule has 27 heavy (non-hydrogen) atoms. The Morgan fingerprint density at radius 3 is 2.74 bits per heavy atom. The number of carbonyl (C=O) groups excluding carboxylic acids is 1. The molecular weight excluding hydrogens is 343 g/mol. The van der Waals surface area contributed by atoms with Gasteiger partial charge in [0.25, 0.3) is 0 Å². The van der Waals surface area contributed by atoms with Gasteiger partial charge in [-0.05, 0) is 31.0 Å². The first-order valence-corrected chi connectivity index (χ1v) is 9.38. The number of pyridine rings is 1. The minimum absolute atomic E-state index is 0.233. The second-order valence-corrected chi connectivity index (χ2v) is 7.56. The lowest BCUT2D eigenvalue weighted by Gasteiger charge is -2.46. The maximum atomic E-state index is 13.5. The van der Waals surface area contributed by atoms with Gasteiger partial charge >= 0.3 is 0 Å². The summed E-state index contributed by atoms with van der Waals surface area (Å²) < 4.78 is 13.5. The first-order chi connectivity index (χ1) is 13.1. The highest BCUT2D eigenvalue weighted by Crippen LogP contribution is 2.33. The molecule has 2 aliphatic heterocycles. The Morgan fingerprint density at radius 2 is 2.00 bits per heavy atom. The van der Waals surface area contributed by atoms with Crippen molar-refractivity contribution in [2.24, 2.45) is 11.7 Å². The van der Waals surface area contributed by atoms with Crippen LogP contribution in [0.5, 0.6) is 0 Å². The number of hydrogen-bond acceptors (Lipinski definition) is 4. The maximum Gasteiger partial charge on any atom is 0.225 e. The SMILES string of the molecule is NC1=c2nc(-c3cccc(F)c3)ccc2=CCN1C1CN(C(=O)C2CC2)C1. The smallest absolute Gasteiger partial charge is 0.225 e. The summed E-state index contributed by atoms with van der Waals surface area (Å²) in [6.07, 6.45) is 4.18. The Balaban J connectivity index is 1.43. The number of hydrogen-bond donors (Lipinski definition) is 1. The molecule has 2 N–H and O–H groups in total. The molecule has 1 saturated carbocycles. The Hall–Kier alpha value is -2.89. The molecule has 0 unspecified atom stereocenters. The van der Waals surface area contributed by atoms with Gasteiger partial charge in [-0.1, -0.05) is 24.3 Å². The fraction of sp³-hybridized carbons (Fsp3) is 0.333. The zero-order chi connectivity index (χ0) is 18.5. The fourth-order valence-corrected chi connectivity index (χ4v) is 3.85. The van der Waals surface area contributed by atoms with Crippen LogP contribution in [0.2, 0.25) is 0 Å². The predicted molar refractivity (Wildman–Crippen MR) is 101 cm³/mol. The van der Waals surface area contributed by atoms with Gasteiger partial charge in [0, 0.05) is 36.3 Å². The van der Waals surface area contributed by atoms with Gasteiger partial charge in [0.15, 0.2) is 0 Å². The van der Waals surface area contributed by atoms with Crippen molar-refractivity contribution in [1.82, 2.24) is 14.8 Å². The molecule has 1 aromatic carbocycles. The molecule has 0 bridgehead atoms. The van der Waals surface area contributed by atoms with Crippen molar-refractivity contribution < 1.29 is 9.18 Å². The summed E-state index contributed by atoms with van der Waals surface area (Å²) in [6.45, 7) is 2.17. The van der Waals surface area contributed by atoms with Crippen molar-refractivity contribution in [1.29, 1.82) is 0 Å². The quantitative estimate of drug-likeness (QED) is 0.868. The zero-order valence-corrected chi connectivity index (χ0v) is 14.9. The van der Waals surface area contributed by atoms with E-state index in [0.717, 1.165) is 48.6 Å². The number of nitrogens with zero attached hydrogens (tertiary/aromatic N) is 3. The van der Waals surface area contributed by atoms with Crippen LogP contribution in [0.3, 0.4) is 0 Å². The van der Waals surface area contributed by atoms with E-state index in [-0.39, 0.29) is 23.7 Å². The van der Waals surface area contributed by atoms with Crippen LogP contribution in [0.25, 0.3) is 23.2 Å². The van der Waals surface area contributed by atoms with Crippen molar-refractivity contribution >= 4 is 17.8 Å². The summed E-state index contributed by atoms with van der Waals surface area (Å²) in [4.78, 5) is 20.9. The van der Waals surface area contributed by atoms with Crippen LogP contribution in [0.15, 0.2) is 36.4 Å². The van der Waals surface area contributed by atoms with Crippen LogP contribution in [0, 0.1) is 11.7 Å². The summed E-state index contributed by atoms with van der Waals surface area (Å²) >= 11 is 0. The van der Waals surface area contributed by atoms with E-state index in [1.54, 1.807) is 6.07 Å². The number of amides is 1. The second kappa shape index (κ2) is 6.08. The summed E-state index contributed by atoms with van der Waals surface area (Å²) in [6, 6.07) is 10.5. The van der Waals surface area contributed by atoms with Gasteiger partial charge in [-0.15, -0.1) is 0 Å². The van der Waals surface area contributed by atoms with Gasteiger partial charge < -0.3 is 15.5 Å². The molecule has 3 aliphatic rings. The monoisotopic (exact) mass is 364 g/mol. The van der Waals surface area contributed by atoms with Gasteiger partial charge in [-0.2, -0.15) is 0 Å². The van der Waals surface area contributed by atoms with Crippen LogP contribution in [-0.4, -0.2) is 46.4 Å². The highest BCUT2D eigenvalue weighted by molar-refractivity contribution is 5.82. The van der Waals surface area contributed by atoms with Gasteiger partial charge in [-0.25, -0.2) is 9.37 Å². The van der Waals surface area contributed by atoms with E-state index in [9.17, 15) is 9.18 Å². The third-order valence-corrected chi connectivity index (χ3v) is 5.65. The van der Waals surface area contributed by atoms with E-state index < -0.39 is 0 Å². The number of rotatable bonds is 3. The molecule has 1 saturated heterocycles. The largest absolute Gasteiger partial charge is 0.384 e. The van der Waals surface area contributed by atoms with Crippen LogP contribution in [-0.2, 0) is 4.79 Å². The lowest BCUT2D eigenvalue weighted by atomic mass is 10.0. The zero-order valence-electron chi connectivity index (χ0n) is 14.9. The lowest BCUT2D eigenvalue weighted by Crippen LogP contribution is -2.63. The summed E-state index contributed by atoms with van der Waals surface area (Å²) in [7, 11) is 0. The minimum atomic E-state index is -0.285. The average molecular weight is 364 g/mol. The van der Waals surface area contributed by atoms with Gasteiger partial charge in [0.05, 0.1) is 11.7 Å². The molecule has 138 valence electrons. The summed E-state index contributed by atoms with van der Waals surface area (Å²) in [5.41, 5.74) is 7.88. The highest BCUT2D eigenvalue weighted by Gasteiger charge is 2.41. The molecule has 5 rings (SSSR count). The van der Waals surface area contributed by atoms with Crippen LogP contribution >= 0.6 is 0 Å². The normalized spacial score (nSPS) is 19.4. The molecule has 0 spiro atoms. The number of halogens is 1. The molecule has 2 fully saturated rings. The molecule has 1 aromatic heterocycles. The first-order valence-electron chi connectivity index (χ1n) is 9.38. The number of nitrogens with two attached hydrogens (primary N) is 1. The predicted octanol–water partition coefficient (Wildman–Crippen LogP) is 0.629. The highest BCUT2D eigenvalue weighted by atomic mass is 19.1. The molecular formula is C21H21FN4O. The van der Waals surface area contributed by atoms with Crippen molar-refractivity contribution in [2.75, 3.05) is 19.6 Å². The van der Waals surface area contributed by atoms with E-state index in [4.69, 9.17) is 10.7 Å². The third-order valence-electron chi connectivity index (χ3n) is 5.65. The lowest BCUT2D eigenvalue weighted by molar-refractivity contribution is -0.139. The molecule has 2 aromatic rings. The Morgan fingerprint density at radius 1 is 1.19 bits per heavy atom. The summed E-state index contributed by atoms with van der Waals surface area (Å²) in [5.74, 6) is 0.899. The molecule has 6 heteroatoms. The van der Waals surface area contributed by atoms with Crippen LogP contribution < -0.4 is 16.3 Å².